The zero-order valence-electron chi connectivity index (χ0n) is 20.2. The van der Waals surface area contributed by atoms with Crippen molar-refractivity contribution in [2.45, 2.75) is 71.8 Å². The standard InChI is InChI=1S/C28H31NO.C2H6/c1-4-17-28(27(30)29-19-21-13-15-22(16-14-21)20(2)3)25-11-7-5-9-23(25)18-24-10-6-8-12-26(24)28;1-2/h5-16,20H,4,17-19H2,1-3H3,(H,29,30);1-2H3. The summed E-state index contributed by atoms with van der Waals surface area (Å²) in [5.41, 5.74) is 6.69. The van der Waals surface area contributed by atoms with Gasteiger partial charge in [0.25, 0.3) is 0 Å². The van der Waals surface area contributed by atoms with Gasteiger partial charge in [0.15, 0.2) is 0 Å². The number of hydrogen-bond acceptors (Lipinski definition) is 1. The predicted octanol–water partition coefficient (Wildman–Crippen LogP) is 7.14. The molecule has 1 aliphatic rings. The SMILES string of the molecule is CC.CCCC1(C(=O)NCc2ccc(C(C)C)cc2)c2ccccc2Cc2ccccc21. The fraction of sp³-hybridized carbons (Fsp3) is 0.367. The molecular formula is C30H37NO. The number of amides is 1. The van der Waals surface area contributed by atoms with Gasteiger partial charge >= 0.3 is 0 Å². The summed E-state index contributed by atoms with van der Waals surface area (Å²) in [5, 5.41) is 3.29. The third-order valence-electron chi connectivity index (χ3n) is 6.45. The Kier molecular flexibility index (Phi) is 7.90. The third-order valence-corrected chi connectivity index (χ3v) is 6.45. The normalized spacial score (nSPS) is 13.4. The molecule has 3 aromatic rings. The summed E-state index contributed by atoms with van der Waals surface area (Å²) in [7, 11) is 0. The van der Waals surface area contributed by atoms with Crippen LogP contribution in [0.2, 0.25) is 0 Å². The van der Waals surface area contributed by atoms with Crippen LogP contribution in [0.15, 0.2) is 72.8 Å². The molecule has 0 spiro atoms. The highest BCUT2D eigenvalue weighted by Gasteiger charge is 2.45. The first-order valence-electron chi connectivity index (χ1n) is 12.1. The van der Waals surface area contributed by atoms with Crippen LogP contribution in [0.25, 0.3) is 0 Å². The third kappa shape index (κ3) is 4.50. The van der Waals surface area contributed by atoms with Crippen molar-refractivity contribution in [3.8, 4) is 0 Å². The Balaban J connectivity index is 0.00000141. The van der Waals surface area contributed by atoms with E-state index in [1.54, 1.807) is 0 Å². The number of nitrogens with one attached hydrogen (secondary N) is 1. The molecule has 1 N–H and O–H groups in total. The van der Waals surface area contributed by atoms with Gasteiger partial charge in [-0.25, -0.2) is 0 Å². The molecule has 0 aliphatic heterocycles. The largest absolute Gasteiger partial charge is 0.351 e. The monoisotopic (exact) mass is 427 g/mol. The van der Waals surface area contributed by atoms with Crippen molar-refractivity contribution in [2.24, 2.45) is 0 Å². The molecule has 2 heteroatoms. The van der Waals surface area contributed by atoms with Crippen LogP contribution < -0.4 is 5.32 Å². The van der Waals surface area contributed by atoms with Gasteiger partial charge in [-0.15, -0.1) is 0 Å². The molecule has 1 amide bonds. The molecule has 2 nitrogen and oxygen atoms in total. The Bertz CT molecular complexity index is 987. The number of fused-ring (bicyclic) bond motifs is 2. The van der Waals surface area contributed by atoms with Crippen LogP contribution in [-0.4, -0.2) is 5.91 Å². The molecule has 1 aliphatic carbocycles. The molecule has 0 radical (unpaired) electrons. The maximum atomic E-state index is 13.9. The van der Waals surface area contributed by atoms with Gasteiger partial charge in [0, 0.05) is 6.54 Å². The topological polar surface area (TPSA) is 29.1 Å². The molecular weight excluding hydrogens is 390 g/mol. The van der Waals surface area contributed by atoms with Gasteiger partial charge < -0.3 is 5.32 Å². The Labute approximate surface area is 194 Å². The molecule has 0 aromatic heterocycles. The summed E-state index contributed by atoms with van der Waals surface area (Å²) < 4.78 is 0. The van der Waals surface area contributed by atoms with E-state index in [0.717, 1.165) is 24.8 Å². The van der Waals surface area contributed by atoms with Gasteiger partial charge in [-0.2, -0.15) is 0 Å². The fourth-order valence-electron chi connectivity index (χ4n) is 4.89. The fourth-order valence-corrected chi connectivity index (χ4v) is 4.89. The molecule has 32 heavy (non-hydrogen) atoms. The lowest BCUT2D eigenvalue weighted by molar-refractivity contribution is -0.125. The van der Waals surface area contributed by atoms with E-state index in [-0.39, 0.29) is 5.91 Å². The highest BCUT2D eigenvalue weighted by atomic mass is 16.2. The van der Waals surface area contributed by atoms with Crippen molar-refractivity contribution < 1.29 is 4.79 Å². The van der Waals surface area contributed by atoms with Crippen molar-refractivity contribution in [3.05, 3.63) is 106 Å². The molecule has 3 aromatic carbocycles. The Hall–Kier alpha value is -2.87. The average molecular weight is 428 g/mol. The Morgan fingerprint density at radius 1 is 0.875 bits per heavy atom. The van der Waals surface area contributed by atoms with Crippen LogP contribution in [0.5, 0.6) is 0 Å². The first-order valence-corrected chi connectivity index (χ1v) is 12.1. The average Bonchev–Trinajstić information content (AvgIpc) is 2.84. The molecule has 0 saturated heterocycles. The molecule has 168 valence electrons. The van der Waals surface area contributed by atoms with E-state index in [0.29, 0.717) is 12.5 Å². The highest BCUT2D eigenvalue weighted by Crippen LogP contribution is 2.45. The first-order chi connectivity index (χ1) is 15.6. The molecule has 0 bridgehead atoms. The van der Waals surface area contributed by atoms with Gasteiger partial charge in [0.2, 0.25) is 5.91 Å². The van der Waals surface area contributed by atoms with E-state index >= 15 is 0 Å². The molecule has 0 fully saturated rings. The minimum absolute atomic E-state index is 0.108. The smallest absolute Gasteiger partial charge is 0.235 e. The Morgan fingerprint density at radius 2 is 1.41 bits per heavy atom. The van der Waals surface area contributed by atoms with E-state index in [9.17, 15) is 4.79 Å². The van der Waals surface area contributed by atoms with Crippen molar-refractivity contribution in [2.75, 3.05) is 0 Å². The second-order valence-electron chi connectivity index (χ2n) is 8.73. The molecule has 0 atom stereocenters. The van der Waals surface area contributed by atoms with Crippen molar-refractivity contribution in [3.63, 3.8) is 0 Å². The molecule has 0 saturated carbocycles. The van der Waals surface area contributed by atoms with E-state index in [1.165, 1.54) is 27.8 Å². The van der Waals surface area contributed by atoms with Gasteiger partial charge in [-0.05, 0) is 52.1 Å². The van der Waals surface area contributed by atoms with Gasteiger partial charge in [0.05, 0.1) is 5.41 Å². The maximum Gasteiger partial charge on any atom is 0.235 e. The summed E-state index contributed by atoms with van der Waals surface area (Å²) in [5.74, 6) is 0.619. The lowest BCUT2D eigenvalue weighted by Crippen LogP contribution is -2.47. The van der Waals surface area contributed by atoms with Gasteiger partial charge in [0.1, 0.15) is 0 Å². The summed E-state index contributed by atoms with van der Waals surface area (Å²) >= 11 is 0. The number of rotatable bonds is 6. The zero-order valence-corrected chi connectivity index (χ0v) is 20.2. The summed E-state index contributed by atoms with van der Waals surface area (Å²) in [4.78, 5) is 13.9. The first kappa shape index (κ1) is 23.8. The van der Waals surface area contributed by atoms with Crippen LogP contribution in [-0.2, 0) is 23.2 Å². The predicted molar refractivity (Wildman–Crippen MR) is 135 cm³/mol. The summed E-state index contributed by atoms with van der Waals surface area (Å²) in [6.07, 6.45) is 2.64. The van der Waals surface area contributed by atoms with E-state index < -0.39 is 5.41 Å². The number of hydrogen-bond donors (Lipinski definition) is 1. The molecule has 0 heterocycles. The summed E-state index contributed by atoms with van der Waals surface area (Å²) in [6.45, 7) is 11.1. The highest BCUT2D eigenvalue weighted by molar-refractivity contribution is 5.93. The van der Waals surface area contributed by atoms with Crippen molar-refractivity contribution >= 4 is 5.91 Å². The second-order valence-corrected chi connectivity index (χ2v) is 8.73. The minimum Gasteiger partial charge on any atom is -0.351 e. The number of carbonyl (C=O) groups excluding carboxylic acids is 1. The molecule has 0 unspecified atom stereocenters. The van der Waals surface area contributed by atoms with E-state index in [1.807, 2.05) is 13.8 Å². The van der Waals surface area contributed by atoms with Crippen LogP contribution in [0.4, 0.5) is 0 Å². The lowest BCUT2D eigenvalue weighted by Gasteiger charge is -2.40. The quantitative estimate of drug-likeness (QED) is 0.445. The maximum absolute atomic E-state index is 13.9. The van der Waals surface area contributed by atoms with Gasteiger partial charge in [-0.3, -0.25) is 4.79 Å². The van der Waals surface area contributed by atoms with Crippen molar-refractivity contribution in [1.29, 1.82) is 0 Å². The number of benzene rings is 3. The minimum atomic E-state index is -0.627. The zero-order chi connectivity index (χ0) is 23.1. The summed E-state index contributed by atoms with van der Waals surface area (Å²) in [6, 6.07) is 25.5. The molecule has 4 rings (SSSR count). The van der Waals surface area contributed by atoms with Gasteiger partial charge in [-0.1, -0.05) is 114 Å². The van der Waals surface area contributed by atoms with Crippen molar-refractivity contribution in [1.82, 2.24) is 5.32 Å². The van der Waals surface area contributed by atoms with E-state index in [4.69, 9.17) is 0 Å². The van der Waals surface area contributed by atoms with Crippen LogP contribution in [0, 0.1) is 0 Å². The van der Waals surface area contributed by atoms with Crippen LogP contribution in [0.1, 0.15) is 86.8 Å². The second kappa shape index (κ2) is 10.6. The number of carbonyl (C=O) groups is 1. The Morgan fingerprint density at radius 3 is 1.91 bits per heavy atom. The lowest BCUT2D eigenvalue weighted by atomic mass is 9.63. The van der Waals surface area contributed by atoms with Crippen LogP contribution >= 0.6 is 0 Å². The van der Waals surface area contributed by atoms with E-state index in [2.05, 4.69) is 98.9 Å². The van der Waals surface area contributed by atoms with Crippen LogP contribution in [0.3, 0.4) is 0 Å².